The molecule has 0 aliphatic carbocycles. The number of aromatic nitrogens is 1. The van der Waals surface area contributed by atoms with Crippen LogP contribution in [0.4, 0.5) is 5.69 Å². The van der Waals surface area contributed by atoms with E-state index in [1.165, 1.54) is 11.1 Å². The average Bonchev–Trinajstić information content (AvgIpc) is 2.43. The first-order chi connectivity index (χ1) is 9.22. The largest absolute Gasteiger partial charge is 0.324 e. The summed E-state index contributed by atoms with van der Waals surface area (Å²) in [5, 5.41) is 0.981. The standard InChI is InChI=1S/C17H16N2/c1-13-6-7-15(11-14(13)2)18-16-8-10-19-9-4-3-5-17(19)12-16/h3-12H,1-2H3/b18-16+. The molecule has 0 aliphatic heterocycles. The summed E-state index contributed by atoms with van der Waals surface area (Å²) in [6.07, 6.45) is 4.07. The van der Waals surface area contributed by atoms with Crippen LogP contribution in [0.5, 0.6) is 0 Å². The molecule has 19 heavy (non-hydrogen) atoms. The maximum atomic E-state index is 4.68. The highest BCUT2D eigenvalue weighted by atomic mass is 14.8. The van der Waals surface area contributed by atoms with Crippen molar-refractivity contribution in [2.45, 2.75) is 13.8 Å². The third-order valence-corrected chi connectivity index (χ3v) is 3.37. The van der Waals surface area contributed by atoms with Gasteiger partial charge in [0.05, 0.1) is 11.0 Å². The monoisotopic (exact) mass is 248 g/mol. The van der Waals surface area contributed by atoms with Gasteiger partial charge in [0.25, 0.3) is 0 Å². The summed E-state index contributed by atoms with van der Waals surface area (Å²) in [4.78, 5) is 4.68. The molecule has 0 N–H and O–H groups in total. The molecule has 2 nitrogen and oxygen atoms in total. The van der Waals surface area contributed by atoms with Crippen LogP contribution in [0.2, 0.25) is 0 Å². The first kappa shape index (κ1) is 11.7. The minimum absolute atomic E-state index is 0.981. The first-order valence-corrected chi connectivity index (χ1v) is 6.41. The summed E-state index contributed by atoms with van der Waals surface area (Å²) in [7, 11) is 0. The zero-order chi connectivity index (χ0) is 13.2. The highest BCUT2D eigenvalue weighted by Gasteiger charge is 1.95. The van der Waals surface area contributed by atoms with Crippen molar-refractivity contribution in [2.75, 3.05) is 0 Å². The molecule has 0 unspecified atom stereocenters. The maximum Gasteiger partial charge on any atom is 0.0672 e. The number of fused-ring (bicyclic) bond motifs is 1. The summed E-state index contributed by atoms with van der Waals surface area (Å²) in [5.41, 5.74) is 4.72. The van der Waals surface area contributed by atoms with E-state index in [9.17, 15) is 0 Å². The van der Waals surface area contributed by atoms with Crippen molar-refractivity contribution in [3.8, 4) is 0 Å². The molecule has 0 saturated carbocycles. The Morgan fingerprint density at radius 1 is 0.842 bits per heavy atom. The summed E-state index contributed by atoms with van der Waals surface area (Å²) in [6.45, 7) is 4.23. The van der Waals surface area contributed by atoms with Gasteiger partial charge in [-0.25, -0.2) is 4.99 Å². The van der Waals surface area contributed by atoms with Crippen LogP contribution >= 0.6 is 0 Å². The second kappa shape index (κ2) is 4.73. The zero-order valence-electron chi connectivity index (χ0n) is 11.2. The molecule has 0 atom stereocenters. The minimum Gasteiger partial charge on any atom is -0.324 e. The van der Waals surface area contributed by atoms with Crippen molar-refractivity contribution >= 4 is 11.2 Å². The van der Waals surface area contributed by atoms with Gasteiger partial charge in [0, 0.05) is 17.9 Å². The molecule has 3 aromatic rings. The van der Waals surface area contributed by atoms with Gasteiger partial charge in [-0.1, -0.05) is 12.1 Å². The fourth-order valence-electron chi connectivity index (χ4n) is 2.10. The van der Waals surface area contributed by atoms with Gasteiger partial charge in [0.15, 0.2) is 0 Å². The molecule has 94 valence electrons. The molecular weight excluding hydrogens is 232 g/mol. The lowest BCUT2D eigenvalue weighted by Gasteiger charge is -2.02. The molecule has 0 radical (unpaired) electrons. The molecule has 0 amide bonds. The molecular formula is C17H16N2. The van der Waals surface area contributed by atoms with E-state index in [-0.39, 0.29) is 0 Å². The van der Waals surface area contributed by atoms with Gasteiger partial charge in [-0.3, -0.25) is 0 Å². The molecule has 2 heteroatoms. The highest BCUT2D eigenvalue weighted by molar-refractivity contribution is 5.47. The lowest BCUT2D eigenvalue weighted by molar-refractivity contribution is 1.14. The van der Waals surface area contributed by atoms with Gasteiger partial charge in [-0.2, -0.15) is 0 Å². The normalized spacial score (nSPS) is 12.0. The Balaban J connectivity index is 2.12. The SMILES string of the molecule is Cc1ccc(/N=c2\ccn3ccccc3c2)cc1C. The summed E-state index contributed by atoms with van der Waals surface area (Å²) in [5.74, 6) is 0. The smallest absolute Gasteiger partial charge is 0.0672 e. The van der Waals surface area contributed by atoms with Crippen molar-refractivity contribution < 1.29 is 0 Å². The lowest BCUT2D eigenvalue weighted by atomic mass is 10.1. The van der Waals surface area contributed by atoms with Crippen LogP contribution in [-0.2, 0) is 0 Å². The van der Waals surface area contributed by atoms with E-state index in [0.29, 0.717) is 0 Å². The van der Waals surface area contributed by atoms with Crippen LogP contribution in [-0.4, -0.2) is 4.40 Å². The van der Waals surface area contributed by atoms with Crippen LogP contribution < -0.4 is 5.36 Å². The molecule has 0 bridgehead atoms. The number of aryl methyl sites for hydroxylation is 2. The van der Waals surface area contributed by atoms with Crippen LogP contribution in [0.1, 0.15) is 11.1 Å². The van der Waals surface area contributed by atoms with Gasteiger partial charge >= 0.3 is 0 Å². The maximum absolute atomic E-state index is 4.68. The van der Waals surface area contributed by atoms with E-state index in [1.54, 1.807) is 0 Å². The number of nitrogens with zero attached hydrogens (tertiary/aromatic N) is 2. The Kier molecular flexibility index (Phi) is 2.92. The summed E-state index contributed by atoms with van der Waals surface area (Å²) in [6, 6.07) is 16.6. The van der Waals surface area contributed by atoms with Gasteiger partial charge in [0.1, 0.15) is 0 Å². The van der Waals surface area contributed by atoms with Crippen LogP contribution in [0.15, 0.2) is 65.9 Å². The summed E-state index contributed by atoms with van der Waals surface area (Å²) < 4.78 is 2.08. The Bertz CT molecular complexity index is 797. The number of pyridine rings is 2. The van der Waals surface area contributed by atoms with Crippen molar-refractivity contribution in [2.24, 2.45) is 4.99 Å². The Morgan fingerprint density at radius 2 is 1.74 bits per heavy atom. The van der Waals surface area contributed by atoms with Crippen LogP contribution in [0.3, 0.4) is 0 Å². The molecule has 0 fully saturated rings. The molecule has 0 aliphatic rings. The number of benzene rings is 1. The third-order valence-electron chi connectivity index (χ3n) is 3.37. The first-order valence-electron chi connectivity index (χ1n) is 6.41. The average molecular weight is 248 g/mol. The van der Waals surface area contributed by atoms with E-state index >= 15 is 0 Å². The quantitative estimate of drug-likeness (QED) is 0.623. The predicted octanol–water partition coefficient (Wildman–Crippen LogP) is 3.79. The van der Waals surface area contributed by atoms with E-state index in [1.807, 2.05) is 30.6 Å². The van der Waals surface area contributed by atoms with Gasteiger partial charge in [-0.15, -0.1) is 0 Å². The van der Waals surface area contributed by atoms with E-state index in [4.69, 9.17) is 0 Å². The highest BCUT2D eigenvalue weighted by Crippen LogP contribution is 2.16. The molecule has 3 rings (SSSR count). The van der Waals surface area contributed by atoms with Crippen molar-refractivity contribution in [1.82, 2.24) is 4.40 Å². The van der Waals surface area contributed by atoms with Crippen LogP contribution in [0, 0.1) is 13.8 Å². The summed E-state index contributed by atoms with van der Waals surface area (Å²) >= 11 is 0. The molecule has 2 heterocycles. The number of rotatable bonds is 1. The zero-order valence-corrected chi connectivity index (χ0v) is 11.2. The fraction of sp³-hybridized carbons (Fsp3) is 0.118. The van der Waals surface area contributed by atoms with Crippen LogP contribution in [0.25, 0.3) is 5.52 Å². The van der Waals surface area contributed by atoms with Crippen molar-refractivity contribution in [3.05, 3.63) is 77.4 Å². The predicted molar refractivity (Wildman–Crippen MR) is 78.5 cm³/mol. The minimum atomic E-state index is 0.981. The Morgan fingerprint density at radius 3 is 2.58 bits per heavy atom. The van der Waals surface area contributed by atoms with Crippen molar-refractivity contribution in [3.63, 3.8) is 0 Å². The van der Waals surface area contributed by atoms with Gasteiger partial charge in [0.2, 0.25) is 0 Å². The second-order valence-corrected chi connectivity index (χ2v) is 4.80. The Labute approximate surface area is 112 Å². The third kappa shape index (κ3) is 2.43. The van der Waals surface area contributed by atoms with Crippen molar-refractivity contribution in [1.29, 1.82) is 0 Å². The van der Waals surface area contributed by atoms with Gasteiger partial charge < -0.3 is 4.40 Å². The molecule has 2 aromatic heterocycles. The lowest BCUT2D eigenvalue weighted by Crippen LogP contribution is -2.01. The second-order valence-electron chi connectivity index (χ2n) is 4.80. The molecule has 1 aromatic carbocycles. The number of hydrogen-bond acceptors (Lipinski definition) is 1. The van der Waals surface area contributed by atoms with Gasteiger partial charge in [-0.05, 0) is 61.4 Å². The Hall–Kier alpha value is -2.35. The van der Waals surface area contributed by atoms with E-state index < -0.39 is 0 Å². The molecule has 0 saturated heterocycles. The van der Waals surface area contributed by atoms with E-state index in [0.717, 1.165) is 16.6 Å². The molecule has 0 spiro atoms. The number of hydrogen-bond donors (Lipinski definition) is 0. The van der Waals surface area contributed by atoms with E-state index in [2.05, 4.69) is 53.6 Å². The topological polar surface area (TPSA) is 16.8 Å². The fourth-order valence-corrected chi connectivity index (χ4v) is 2.10.